The lowest BCUT2D eigenvalue weighted by Crippen LogP contribution is -2.45. The SMILES string of the molecule is CC/C=C\C/C=C\C/C=C\C/C=C\C/C=C\C/C=C\C/C=C\C/C=C\C/C=C\C/C=C\C/C=C\C/C=C\CCCCCCC(=O)NC(CO)C(O)/C=C/CCCCCCCCCCCCCCCCCCCC. The second-order valence-corrected chi connectivity index (χ2v) is 19.7. The number of hydrogen-bond acceptors (Lipinski definition) is 3. The van der Waals surface area contributed by atoms with E-state index in [0.717, 1.165) is 122 Å². The zero-order chi connectivity index (χ0) is 52.7. The van der Waals surface area contributed by atoms with Gasteiger partial charge in [0.1, 0.15) is 0 Å². The Bertz CT molecular complexity index is 1560. The predicted molar refractivity (Wildman–Crippen MR) is 326 cm³/mol. The molecule has 0 aliphatic heterocycles. The molecule has 73 heavy (non-hydrogen) atoms. The van der Waals surface area contributed by atoms with Crippen LogP contribution in [0.25, 0.3) is 0 Å². The zero-order valence-corrected chi connectivity index (χ0v) is 47.3. The quantitative estimate of drug-likeness (QED) is 0.0420. The molecule has 0 aliphatic carbocycles. The molecule has 0 aromatic heterocycles. The van der Waals surface area contributed by atoms with Crippen LogP contribution in [-0.4, -0.2) is 34.9 Å². The highest BCUT2D eigenvalue weighted by Gasteiger charge is 2.18. The van der Waals surface area contributed by atoms with E-state index in [2.05, 4.69) is 165 Å². The van der Waals surface area contributed by atoms with Crippen molar-refractivity contribution in [1.29, 1.82) is 0 Å². The van der Waals surface area contributed by atoms with Crippen LogP contribution in [0, 0.1) is 0 Å². The minimum absolute atomic E-state index is 0.0933. The zero-order valence-electron chi connectivity index (χ0n) is 47.3. The van der Waals surface area contributed by atoms with Gasteiger partial charge in [0.2, 0.25) is 5.91 Å². The number of rotatable bonds is 53. The third-order valence-electron chi connectivity index (χ3n) is 12.8. The topological polar surface area (TPSA) is 69.6 Å². The maximum atomic E-state index is 12.5. The Labute approximate surface area is 452 Å². The van der Waals surface area contributed by atoms with Crippen molar-refractivity contribution in [2.45, 2.75) is 264 Å². The summed E-state index contributed by atoms with van der Waals surface area (Å²) in [5.41, 5.74) is 0. The standard InChI is InChI=1S/C69H113NO3/c1-3-5-7-9-11-13-15-17-19-21-23-25-26-27-28-29-30-31-32-33-34-35-36-37-38-39-40-41-42-43-44-45-47-49-51-53-55-57-59-61-63-65-69(73)70-67(66-71)68(72)64-62-60-58-56-54-52-50-48-46-24-22-20-18-16-14-12-10-8-6-4-2/h5,7,11,13,17,19,23,25,27-28,30-31,33-34,36-37,39-40,42-43,45,47,51,53,62,64,67-68,71-72H,3-4,6,8-10,12,14-16,18,20-22,24,26,29,32,35,38,41,44,46,48-50,52,54-61,63,65-66H2,1-2H3,(H,70,73)/b7-5-,13-11-,19-17-,25-23-,28-27-,31-30-,34-33-,37-36-,40-39-,43-42-,47-45-,53-51-,64-62+. The van der Waals surface area contributed by atoms with E-state index in [4.69, 9.17) is 0 Å². The Morgan fingerprint density at radius 2 is 0.603 bits per heavy atom. The molecule has 0 fully saturated rings. The van der Waals surface area contributed by atoms with Crippen molar-refractivity contribution in [2.24, 2.45) is 0 Å². The van der Waals surface area contributed by atoms with Gasteiger partial charge in [0, 0.05) is 6.42 Å². The van der Waals surface area contributed by atoms with E-state index in [-0.39, 0.29) is 12.5 Å². The summed E-state index contributed by atoms with van der Waals surface area (Å²) in [6, 6.07) is -0.648. The van der Waals surface area contributed by atoms with Crippen LogP contribution >= 0.6 is 0 Å². The van der Waals surface area contributed by atoms with Crippen LogP contribution in [0.4, 0.5) is 0 Å². The molecule has 0 radical (unpaired) electrons. The van der Waals surface area contributed by atoms with Gasteiger partial charge < -0.3 is 15.5 Å². The summed E-state index contributed by atoms with van der Waals surface area (Å²) in [4.78, 5) is 12.5. The molecule has 0 aromatic carbocycles. The fourth-order valence-electron chi connectivity index (χ4n) is 8.22. The molecule has 0 aromatic rings. The number of allylic oxidation sites excluding steroid dienone is 25. The van der Waals surface area contributed by atoms with Crippen molar-refractivity contribution in [3.63, 3.8) is 0 Å². The Morgan fingerprint density at radius 3 is 0.904 bits per heavy atom. The molecule has 412 valence electrons. The second kappa shape index (κ2) is 62.3. The molecule has 3 N–H and O–H groups in total. The van der Waals surface area contributed by atoms with E-state index < -0.39 is 12.1 Å². The van der Waals surface area contributed by atoms with E-state index >= 15 is 0 Å². The maximum Gasteiger partial charge on any atom is 0.220 e. The molecule has 0 heterocycles. The molecular weight excluding hydrogens is 891 g/mol. The Morgan fingerprint density at radius 1 is 0.342 bits per heavy atom. The van der Waals surface area contributed by atoms with Gasteiger partial charge in [-0.05, 0) is 109 Å². The second-order valence-electron chi connectivity index (χ2n) is 19.7. The lowest BCUT2D eigenvalue weighted by molar-refractivity contribution is -0.123. The van der Waals surface area contributed by atoms with E-state index in [1.54, 1.807) is 6.08 Å². The van der Waals surface area contributed by atoms with Gasteiger partial charge in [-0.1, -0.05) is 294 Å². The third kappa shape index (κ3) is 58.8. The smallest absolute Gasteiger partial charge is 0.220 e. The molecular formula is C69H113NO3. The fourth-order valence-corrected chi connectivity index (χ4v) is 8.22. The minimum Gasteiger partial charge on any atom is -0.394 e. The molecule has 0 saturated carbocycles. The molecule has 4 nitrogen and oxygen atoms in total. The average Bonchev–Trinajstić information content (AvgIpc) is 3.40. The van der Waals surface area contributed by atoms with Gasteiger partial charge in [0.15, 0.2) is 0 Å². The molecule has 0 bridgehead atoms. The van der Waals surface area contributed by atoms with Crippen molar-refractivity contribution in [1.82, 2.24) is 5.32 Å². The average molecular weight is 1000 g/mol. The van der Waals surface area contributed by atoms with Crippen LogP contribution in [0.5, 0.6) is 0 Å². The van der Waals surface area contributed by atoms with E-state index in [0.29, 0.717) is 6.42 Å². The summed E-state index contributed by atoms with van der Waals surface area (Å²) in [6.07, 6.45) is 99.7. The summed E-state index contributed by atoms with van der Waals surface area (Å²) < 4.78 is 0. The van der Waals surface area contributed by atoms with Crippen molar-refractivity contribution >= 4 is 5.91 Å². The van der Waals surface area contributed by atoms with Gasteiger partial charge in [-0.25, -0.2) is 0 Å². The number of aliphatic hydroxyl groups excluding tert-OH is 2. The summed E-state index contributed by atoms with van der Waals surface area (Å²) in [5, 5.41) is 23.2. The maximum absolute atomic E-state index is 12.5. The highest BCUT2D eigenvalue weighted by Crippen LogP contribution is 2.15. The van der Waals surface area contributed by atoms with Gasteiger partial charge in [-0.15, -0.1) is 0 Å². The van der Waals surface area contributed by atoms with Crippen molar-refractivity contribution < 1.29 is 15.0 Å². The minimum atomic E-state index is -0.862. The van der Waals surface area contributed by atoms with E-state index in [1.165, 1.54) is 109 Å². The lowest BCUT2D eigenvalue weighted by atomic mass is 10.0. The molecule has 2 atom stereocenters. The summed E-state index contributed by atoms with van der Waals surface area (Å²) in [5.74, 6) is -0.0933. The first-order valence-electron chi connectivity index (χ1n) is 30.2. The normalized spacial score (nSPS) is 14.0. The monoisotopic (exact) mass is 1000 g/mol. The first-order valence-corrected chi connectivity index (χ1v) is 30.2. The molecule has 0 aliphatic rings. The molecule has 4 heteroatoms. The molecule has 1 amide bonds. The number of amides is 1. The number of unbranched alkanes of at least 4 members (excludes halogenated alkanes) is 22. The van der Waals surface area contributed by atoms with Crippen LogP contribution in [-0.2, 0) is 4.79 Å². The molecule has 2 unspecified atom stereocenters. The van der Waals surface area contributed by atoms with Crippen LogP contribution in [0.3, 0.4) is 0 Å². The van der Waals surface area contributed by atoms with E-state index in [9.17, 15) is 15.0 Å². The third-order valence-corrected chi connectivity index (χ3v) is 12.8. The summed E-state index contributed by atoms with van der Waals surface area (Å²) >= 11 is 0. The Hall–Kier alpha value is -3.99. The van der Waals surface area contributed by atoms with Gasteiger partial charge in [-0.2, -0.15) is 0 Å². The van der Waals surface area contributed by atoms with Crippen LogP contribution in [0.15, 0.2) is 158 Å². The number of carbonyl (C=O) groups is 1. The van der Waals surface area contributed by atoms with Gasteiger partial charge >= 0.3 is 0 Å². The van der Waals surface area contributed by atoms with E-state index in [1.807, 2.05) is 6.08 Å². The van der Waals surface area contributed by atoms with Gasteiger partial charge in [-0.3, -0.25) is 4.79 Å². The first-order chi connectivity index (χ1) is 36.2. The predicted octanol–water partition coefficient (Wildman–Crippen LogP) is 20.5. The fraction of sp³-hybridized carbons (Fsp3) is 0.609. The van der Waals surface area contributed by atoms with Crippen molar-refractivity contribution in [3.8, 4) is 0 Å². The van der Waals surface area contributed by atoms with Gasteiger partial charge in [0.25, 0.3) is 0 Å². The summed E-state index contributed by atoms with van der Waals surface area (Å²) in [7, 11) is 0. The highest BCUT2D eigenvalue weighted by molar-refractivity contribution is 5.76. The number of hydrogen-bond donors (Lipinski definition) is 3. The summed E-state index contributed by atoms with van der Waals surface area (Å²) in [6.45, 7) is 4.19. The van der Waals surface area contributed by atoms with Gasteiger partial charge in [0.05, 0.1) is 18.8 Å². The number of aliphatic hydroxyl groups is 2. The van der Waals surface area contributed by atoms with Crippen LogP contribution < -0.4 is 5.32 Å². The molecule has 0 saturated heterocycles. The number of nitrogens with one attached hydrogen (secondary N) is 1. The largest absolute Gasteiger partial charge is 0.394 e. The number of carbonyl (C=O) groups excluding carboxylic acids is 1. The first kappa shape index (κ1) is 69.0. The Kier molecular flexibility index (Phi) is 58.9. The Balaban J connectivity index is 3.70. The lowest BCUT2D eigenvalue weighted by Gasteiger charge is -2.20. The van der Waals surface area contributed by atoms with Crippen molar-refractivity contribution in [2.75, 3.05) is 6.61 Å². The highest BCUT2D eigenvalue weighted by atomic mass is 16.3. The van der Waals surface area contributed by atoms with Crippen LogP contribution in [0.1, 0.15) is 251 Å². The molecule has 0 spiro atoms. The van der Waals surface area contributed by atoms with Crippen molar-refractivity contribution in [3.05, 3.63) is 158 Å². The van der Waals surface area contributed by atoms with Crippen LogP contribution in [0.2, 0.25) is 0 Å². The molecule has 0 rings (SSSR count).